The molecule has 0 spiro atoms. The largest absolute Gasteiger partial charge is 0.384 e. The van der Waals surface area contributed by atoms with Crippen LogP contribution in [0.15, 0.2) is 35.4 Å². The van der Waals surface area contributed by atoms with E-state index >= 15 is 0 Å². The van der Waals surface area contributed by atoms with Crippen molar-refractivity contribution in [3.05, 3.63) is 46.5 Å². The van der Waals surface area contributed by atoms with E-state index in [4.69, 9.17) is 10.5 Å². The fourth-order valence-electron chi connectivity index (χ4n) is 2.30. The van der Waals surface area contributed by atoms with Crippen LogP contribution in [0.4, 0.5) is 11.5 Å². The van der Waals surface area contributed by atoms with Gasteiger partial charge in [-0.15, -0.1) is 0 Å². The molecule has 2 aromatic rings. The molecule has 110 valence electrons. The third kappa shape index (κ3) is 3.19. The molecule has 1 aliphatic heterocycles. The Hall–Kier alpha value is -2.41. The number of aromatic nitrogens is 3. The van der Waals surface area contributed by atoms with Gasteiger partial charge in [0.2, 0.25) is 0 Å². The molecule has 1 saturated heterocycles. The molecule has 3 rings (SSSR count). The van der Waals surface area contributed by atoms with E-state index in [0.717, 1.165) is 24.3 Å². The first-order valence-electron chi connectivity index (χ1n) is 6.82. The molecule has 7 nitrogen and oxygen atoms in total. The minimum atomic E-state index is -0.130. The zero-order chi connectivity index (χ0) is 14.7. The highest BCUT2D eigenvalue weighted by Gasteiger charge is 2.12. The summed E-state index contributed by atoms with van der Waals surface area (Å²) >= 11 is 0. The van der Waals surface area contributed by atoms with Crippen molar-refractivity contribution in [2.75, 3.05) is 36.9 Å². The Morgan fingerprint density at radius 3 is 2.81 bits per heavy atom. The van der Waals surface area contributed by atoms with Crippen molar-refractivity contribution in [3.63, 3.8) is 0 Å². The molecule has 0 aliphatic carbocycles. The van der Waals surface area contributed by atoms with E-state index in [1.807, 2.05) is 6.07 Å². The van der Waals surface area contributed by atoms with Gasteiger partial charge in [-0.25, -0.2) is 9.67 Å². The van der Waals surface area contributed by atoms with E-state index in [0.29, 0.717) is 25.6 Å². The molecule has 0 saturated carbocycles. The third-order valence-electron chi connectivity index (χ3n) is 3.41. The van der Waals surface area contributed by atoms with Gasteiger partial charge in [0.25, 0.3) is 5.56 Å². The zero-order valence-corrected chi connectivity index (χ0v) is 11.6. The Morgan fingerprint density at radius 2 is 2.10 bits per heavy atom. The summed E-state index contributed by atoms with van der Waals surface area (Å²) < 4.78 is 6.72. The lowest BCUT2D eigenvalue weighted by Gasteiger charge is -2.28. The number of nitrogens with zero attached hydrogens (tertiary/aromatic N) is 4. The van der Waals surface area contributed by atoms with Crippen LogP contribution in [0, 0.1) is 0 Å². The fraction of sp³-hybridized carbons (Fsp3) is 0.357. The quantitative estimate of drug-likeness (QED) is 0.862. The normalized spacial score (nSPS) is 15.1. The molecule has 0 amide bonds. The summed E-state index contributed by atoms with van der Waals surface area (Å²) in [4.78, 5) is 18.2. The van der Waals surface area contributed by atoms with Gasteiger partial charge in [0, 0.05) is 25.4 Å². The first kappa shape index (κ1) is 13.6. The van der Waals surface area contributed by atoms with Crippen LogP contribution in [0.2, 0.25) is 0 Å². The number of rotatable bonds is 3. The smallest absolute Gasteiger partial charge is 0.269 e. The number of hydrogen-bond acceptors (Lipinski definition) is 6. The molecule has 1 fully saturated rings. The first-order chi connectivity index (χ1) is 10.2. The summed E-state index contributed by atoms with van der Waals surface area (Å²) in [7, 11) is 0. The second-order valence-corrected chi connectivity index (χ2v) is 4.90. The average molecular weight is 287 g/mol. The van der Waals surface area contributed by atoms with Crippen molar-refractivity contribution in [1.29, 1.82) is 0 Å². The van der Waals surface area contributed by atoms with Gasteiger partial charge in [-0.3, -0.25) is 4.79 Å². The molecule has 0 atom stereocenters. The van der Waals surface area contributed by atoms with Crippen LogP contribution in [0.25, 0.3) is 0 Å². The lowest BCUT2D eigenvalue weighted by molar-refractivity contribution is 0.122. The van der Waals surface area contributed by atoms with E-state index in [1.165, 1.54) is 4.68 Å². The second-order valence-electron chi connectivity index (χ2n) is 4.90. The summed E-state index contributed by atoms with van der Waals surface area (Å²) in [6.07, 6.45) is 3.34. The van der Waals surface area contributed by atoms with Crippen LogP contribution < -0.4 is 16.2 Å². The number of morpholine rings is 1. The highest BCUT2D eigenvalue weighted by molar-refractivity contribution is 5.43. The maximum Gasteiger partial charge on any atom is 0.269 e. The second kappa shape index (κ2) is 5.92. The van der Waals surface area contributed by atoms with Crippen LogP contribution in [-0.2, 0) is 11.3 Å². The van der Waals surface area contributed by atoms with E-state index in [1.54, 1.807) is 24.5 Å². The van der Waals surface area contributed by atoms with Crippen molar-refractivity contribution < 1.29 is 4.74 Å². The number of anilines is 2. The number of pyridine rings is 1. The van der Waals surface area contributed by atoms with Gasteiger partial charge in [0.1, 0.15) is 5.82 Å². The van der Waals surface area contributed by atoms with E-state index in [9.17, 15) is 4.79 Å². The van der Waals surface area contributed by atoms with Crippen LogP contribution >= 0.6 is 0 Å². The molecule has 0 aromatic carbocycles. The maximum atomic E-state index is 12.2. The SMILES string of the molecule is Nc1cc(Cn2ncc(N3CCOCC3)cc2=O)ccn1. The Balaban J connectivity index is 1.79. The van der Waals surface area contributed by atoms with Gasteiger partial charge < -0.3 is 15.4 Å². The summed E-state index contributed by atoms with van der Waals surface area (Å²) in [5.74, 6) is 0.436. The van der Waals surface area contributed by atoms with Crippen molar-refractivity contribution >= 4 is 11.5 Å². The van der Waals surface area contributed by atoms with Crippen molar-refractivity contribution in [3.8, 4) is 0 Å². The molecule has 2 aromatic heterocycles. The molecular formula is C14H17N5O2. The molecular weight excluding hydrogens is 270 g/mol. The minimum Gasteiger partial charge on any atom is -0.384 e. The summed E-state index contributed by atoms with van der Waals surface area (Å²) in [5, 5.41) is 4.24. The van der Waals surface area contributed by atoms with E-state index < -0.39 is 0 Å². The molecule has 0 unspecified atom stereocenters. The van der Waals surface area contributed by atoms with Crippen LogP contribution in [0.1, 0.15) is 5.56 Å². The number of ether oxygens (including phenoxy) is 1. The van der Waals surface area contributed by atoms with Gasteiger partial charge in [-0.05, 0) is 17.7 Å². The molecule has 3 heterocycles. The van der Waals surface area contributed by atoms with E-state index in [2.05, 4.69) is 15.0 Å². The zero-order valence-electron chi connectivity index (χ0n) is 11.6. The van der Waals surface area contributed by atoms with Crippen LogP contribution in [0.5, 0.6) is 0 Å². The van der Waals surface area contributed by atoms with Gasteiger partial charge in [0.05, 0.1) is 31.6 Å². The predicted octanol–water partition coefficient (Wildman–Crippen LogP) is 0.105. The van der Waals surface area contributed by atoms with Gasteiger partial charge >= 0.3 is 0 Å². The van der Waals surface area contributed by atoms with E-state index in [-0.39, 0.29) is 5.56 Å². The van der Waals surface area contributed by atoms with Gasteiger partial charge in [-0.2, -0.15) is 5.10 Å². The molecule has 1 aliphatic rings. The molecule has 2 N–H and O–H groups in total. The van der Waals surface area contributed by atoms with Gasteiger partial charge in [0.15, 0.2) is 0 Å². The summed E-state index contributed by atoms with van der Waals surface area (Å²) in [5.41, 5.74) is 7.25. The Labute approximate surface area is 122 Å². The van der Waals surface area contributed by atoms with Crippen molar-refractivity contribution in [2.24, 2.45) is 0 Å². The molecule has 0 radical (unpaired) electrons. The average Bonchev–Trinajstić information content (AvgIpc) is 2.50. The Bertz CT molecular complexity index is 679. The molecule has 0 bridgehead atoms. The lowest BCUT2D eigenvalue weighted by atomic mass is 10.2. The van der Waals surface area contributed by atoms with Crippen molar-refractivity contribution in [2.45, 2.75) is 6.54 Å². The van der Waals surface area contributed by atoms with Crippen molar-refractivity contribution in [1.82, 2.24) is 14.8 Å². The maximum absolute atomic E-state index is 12.2. The standard InChI is InChI=1S/C14H17N5O2/c15-13-7-11(1-2-16-13)10-19-14(20)8-12(9-17-19)18-3-5-21-6-4-18/h1-2,7-9H,3-6,10H2,(H2,15,16). The topological polar surface area (TPSA) is 86.3 Å². The lowest BCUT2D eigenvalue weighted by Crippen LogP contribution is -2.37. The Kier molecular flexibility index (Phi) is 3.83. The molecule has 21 heavy (non-hydrogen) atoms. The molecule has 7 heteroatoms. The minimum absolute atomic E-state index is 0.130. The van der Waals surface area contributed by atoms with Crippen LogP contribution in [0.3, 0.4) is 0 Å². The summed E-state index contributed by atoms with van der Waals surface area (Å²) in [6.45, 7) is 3.31. The highest BCUT2D eigenvalue weighted by Crippen LogP contribution is 2.12. The monoisotopic (exact) mass is 287 g/mol. The fourth-order valence-corrected chi connectivity index (χ4v) is 2.30. The Morgan fingerprint density at radius 1 is 1.29 bits per heavy atom. The predicted molar refractivity (Wildman–Crippen MR) is 79.3 cm³/mol. The summed E-state index contributed by atoms with van der Waals surface area (Å²) in [6, 6.07) is 5.17. The number of nitrogen functional groups attached to an aromatic ring is 1. The number of nitrogens with two attached hydrogens (primary N) is 1. The van der Waals surface area contributed by atoms with Gasteiger partial charge in [-0.1, -0.05) is 0 Å². The number of hydrogen-bond donors (Lipinski definition) is 1. The first-order valence-corrected chi connectivity index (χ1v) is 6.82. The highest BCUT2D eigenvalue weighted by atomic mass is 16.5. The van der Waals surface area contributed by atoms with Crippen LogP contribution in [-0.4, -0.2) is 41.1 Å². The third-order valence-corrected chi connectivity index (χ3v) is 3.41.